The third-order valence-electron chi connectivity index (χ3n) is 4.04. The van der Waals surface area contributed by atoms with Crippen molar-refractivity contribution in [2.24, 2.45) is 0 Å². The first-order valence-electron chi connectivity index (χ1n) is 7.45. The quantitative estimate of drug-likeness (QED) is 0.849. The summed E-state index contributed by atoms with van der Waals surface area (Å²) in [6, 6.07) is 17.7. The van der Waals surface area contributed by atoms with Crippen LogP contribution in [0.15, 0.2) is 48.5 Å². The number of aryl methyl sites for hydroxylation is 1. The third-order valence-corrected chi connectivity index (χ3v) is 5.06. The van der Waals surface area contributed by atoms with Crippen molar-refractivity contribution in [1.82, 2.24) is 4.90 Å². The number of anilines is 1. The molecular weight excluding hydrogens is 312 g/mol. The van der Waals surface area contributed by atoms with E-state index in [1.807, 2.05) is 12.1 Å². The van der Waals surface area contributed by atoms with Gasteiger partial charge in [0.15, 0.2) is 0 Å². The second kappa shape index (κ2) is 7.91. The number of nitrogen functional groups attached to an aromatic ring is 1. The second-order valence-electron chi connectivity index (χ2n) is 5.72. The lowest BCUT2D eigenvalue weighted by Crippen LogP contribution is -2.35. The molecule has 2 nitrogen and oxygen atoms in total. The molecule has 1 aliphatic heterocycles. The highest BCUT2D eigenvalue weighted by atomic mass is 35.5. The van der Waals surface area contributed by atoms with Crippen molar-refractivity contribution in [1.29, 1.82) is 0 Å². The Morgan fingerprint density at radius 2 is 1.95 bits per heavy atom. The van der Waals surface area contributed by atoms with Gasteiger partial charge < -0.3 is 5.73 Å². The highest BCUT2D eigenvalue weighted by Crippen LogP contribution is 2.31. The molecule has 2 aromatic rings. The lowest BCUT2D eigenvalue weighted by atomic mass is 10.0. The average Bonchev–Trinajstić information content (AvgIpc) is 2.49. The van der Waals surface area contributed by atoms with E-state index in [4.69, 9.17) is 5.73 Å². The Hall–Kier alpha value is -1.16. The zero-order valence-electron chi connectivity index (χ0n) is 12.9. The van der Waals surface area contributed by atoms with Crippen LogP contribution < -0.4 is 5.73 Å². The molecule has 3 rings (SSSR count). The molecule has 0 amide bonds. The van der Waals surface area contributed by atoms with E-state index in [0.717, 1.165) is 18.8 Å². The fourth-order valence-electron chi connectivity index (χ4n) is 2.85. The zero-order chi connectivity index (χ0) is 14.7. The van der Waals surface area contributed by atoms with E-state index in [1.165, 1.54) is 28.2 Å². The normalized spacial score (nSPS) is 18.7. The number of hydrogen-bond acceptors (Lipinski definition) is 3. The number of rotatable bonds is 3. The van der Waals surface area contributed by atoms with Crippen LogP contribution in [-0.2, 0) is 6.54 Å². The molecule has 0 radical (unpaired) electrons. The van der Waals surface area contributed by atoms with Gasteiger partial charge in [-0.2, -0.15) is 11.8 Å². The van der Waals surface area contributed by atoms with Gasteiger partial charge in [-0.3, -0.25) is 4.90 Å². The summed E-state index contributed by atoms with van der Waals surface area (Å²) < 4.78 is 0. The van der Waals surface area contributed by atoms with Crippen molar-refractivity contribution in [3.8, 4) is 0 Å². The van der Waals surface area contributed by atoms with E-state index >= 15 is 0 Å². The van der Waals surface area contributed by atoms with Crippen LogP contribution in [0, 0.1) is 6.92 Å². The summed E-state index contributed by atoms with van der Waals surface area (Å²) in [6.07, 6.45) is 0. The topological polar surface area (TPSA) is 29.3 Å². The predicted octanol–water partition coefficient (Wildman–Crippen LogP) is 4.29. The summed E-state index contributed by atoms with van der Waals surface area (Å²) in [5.74, 6) is 2.38. The van der Waals surface area contributed by atoms with Crippen LogP contribution >= 0.6 is 24.2 Å². The predicted molar refractivity (Wildman–Crippen MR) is 99.8 cm³/mol. The number of nitrogens with zero attached hydrogens (tertiary/aromatic N) is 1. The molecule has 22 heavy (non-hydrogen) atoms. The van der Waals surface area contributed by atoms with Crippen molar-refractivity contribution in [3.05, 3.63) is 65.2 Å². The van der Waals surface area contributed by atoms with Gasteiger partial charge in [-0.15, -0.1) is 12.4 Å². The van der Waals surface area contributed by atoms with E-state index in [2.05, 4.69) is 60.0 Å². The summed E-state index contributed by atoms with van der Waals surface area (Å²) in [7, 11) is 0. The molecule has 0 spiro atoms. The first-order valence-corrected chi connectivity index (χ1v) is 8.60. The van der Waals surface area contributed by atoms with Gasteiger partial charge >= 0.3 is 0 Å². The number of benzene rings is 2. The lowest BCUT2D eigenvalue weighted by molar-refractivity contribution is 0.212. The van der Waals surface area contributed by atoms with E-state index in [1.54, 1.807) is 0 Å². The highest BCUT2D eigenvalue weighted by Gasteiger charge is 2.24. The second-order valence-corrected chi connectivity index (χ2v) is 6.87. The zero-order valence-corrected chi connectivity index (χ0v) is 14.5. The molecule has 2 aromatic carbocycles. The smallest absolute Gasteiger partial charge is 0.0442 e. The summed E-state index contributed by atoms with van der Waals surface area (Å²) >= 11 is 2.05. The van der Waals surface area contributed by atoms with Crippen LogP contribution in [0.1, 0.15) is 22.7 Å². The molecule has 0 saturated carbocycles. The average molecular weight is 335 g/mol. The van der Waals surface area contributed by atoms with Gasteiger partial charge in [0.2, 0.25) is 0 Å². The molecule has 1 atom stereocenters. The SMILES string of the molecule is Cc1ccc(C2CSCCN2Cc2cccc(N)c2)cc1.Cl. The molecule has 0 aromatic heterocycles. The maximum Gasteiger partial charge on any atom is 0.0442 e. The Balaban J connectivity index is 0.00000176. The standard InChI is InChI=1S/C18H22N2S.ClH/c1-14-5-7-16(8-6-14)18-13-21-10-9-20(18)12-15-3-2-4-17(19)11-15;/h2-8,11,18H,9-10,12-13,19H2,1H3;1H. The molecule has 1 fully saturated rings. The minimum Gasteiger partial charge on any atom is -0.399 e. The van der Waals surface area contributed by atoms with E-state index < -0.39 is 0 Å². The summed E-state index contributed by atoms with van der Waals surface area (Å²) in [4.78, 5) is 2.58. The fraction of sp³-hybridized carbons (Fsp3) is 0.333. The fourth-order valence-corrected chi connectivity index (χ4v) is 4.01. The highest BCUT2D eigenvalue weighted by molar-refractivity contribution is 7.99. The van der Waals surface area contributed by atoms with Gasteiger partial charge in [0.25, 0.3) is 0 Å². The van der Waals surface area contributed by atoms with Crippen molar-refractivity contribution < 1.29 is 0 Å². The molecule has 1 saturated heterocycles. The molecule has 0 aliphatic carbocycles. The number of hydrogen-bond donors (Lipinski definition) is 1. The molecular formula is C18H23ClN2S. The molecule has 118 valence electrons. The summed E-state index contributed by atoms with van der Waals surface area (Å²) in [5.41, 5.74) is 10.8. The maximum atomic E-state index is 5.90. The third kappa shape index (κ3) is 4.19. The Kier molecular flexibility index (Phi) is 6.18. The van der Waals surface area contributed by atoms with Crippen molar-refractivity contribution in [2.75, 3.05) is 23.8 Å². The molecule has 2 N–H and O–H groups in total. The van der Waals surface area contributed by atoms with Crippen LogP contribution in [0.25, 0.3) is 0 Å². The monoisotopic (exact) mass is 334 g/mol. The Morgan fingerprint density at radius 3 is 2.68 bits per heavy atom. The molecule has 4 heteroatoms. The Bertz CT molecular complexity index is 600. The van der Waals surface area contributed by atoms with Crippen LogP contribution in [0.3, 0.4) is 0 Å². The maximum absolute atomic E-state index is 5.90. The van der Waals surface area contributed by atoms with Crippen LogP contribution in [-0.4, -0.2) is 23.0 Å². The number of halogens is 1. The van der Waals surface area contributed by atoms with Gasteiger partial charge in [-0.25, -0.2) is 0 Å². The first-order chi connectivity index (χ1) is 10.2. The van der Waals surface area contributed by atoms with Gasteiger partial charge in [-0.05, 0) is 30.2 Å². The van der Waals surface area contributed by atoms with E-state index in [-0.39, 0.29) is 12.4 Å². The molecule has 0 bridgehead atoms. The minimum atomic E-state index is 0. The van der Waals surface area contributed by atoms with Crippen molar-refractivity contribution >= 4 is 29.9 Å². The molecule has 1 heterocycles. The largest absolute Gasteiger partial charge is 0.399 e. The van der Waals surface area contributed by atoms with Gasteiger partial charge in [0.05, 0.1) is 0 Å². The van der Waals surface area contributed by atoms with Crippen molar-refractivity contribution in [3.63, 3.8) is 0 Å². The first kappa shape index (κ1) is 17.2. The number of nitrogens with two attached hydrogens (primary N) is 1. The van der Waals surface area contributed by atoms with Gasteiger partial charge in [0.1, 0.15) is 0 Å². The van der Waals surface area contributed by atoms with Gasteiger partial charge in [-0.1, -0.05) is 42.0 Å². The van der Waals surface area contributed by atoms with Crippen LogP contribution in [0.4, 0.5) is 5.69 Å². The number of thioether (sulfide) groups is 1. The minimum absolute atomic E-state index is 0. The van der Waals surface area contributed by atoms with Crippen molar-refractivity contribution in [2.45, 2.75) is 19.5 Å². The Morgan fingerprint density at radius 1 is 1.18 bits per heavy atom. The lowest BCUT2D eigenvalue weighted by Gasteiger charge is -2.36. The molecule has 1 aliphatic rings. The van der Waals surface area contributed by atoms with E-state index in [9.17, 15) is 0 Å². The van der Waals surface area contributed by atoms with E-state index in [0.29, 0.717) is 6.04 Å². The van der Waals surface area contributed by atoms with Crippen LogP contribution in [0.5, 0.6) is 0 Å². The summed E-state index contributed by atoms with van der Waals surface area (Å²) in [6.45, 7) is 4.26. The summed E-state index contributed by atoms with van der Waals surface area (Å²) in [5, 5.41) is 0. The molecule has 1 unspecified atom stereocenters. The van der Waals surface area contributed by atoms with Gasteiger partial charge in [0, 0.05) is 36.3 Å². The Labute approximate surface area is 143 Å². The van der Waals surface area contributed by atoms with Crippen LogP contribution in [0.2, 0.25) is 0 Å².